The molecule has 1 aliphatic rings. The number of ether oxygens (including phenoxy) is 1. The lowest BCUT2D eigenvalue weighted by Gasteiger charge is -2.30. The Kier molecular flexibility index (Phi) is 5.00. The second-order valence-electron chi connectivity index (χ2n) is 5.21. The van der Waals surface area contributed by atoms with Gasteiger partial charge in [-0.3, -0.25) is 0 Å². The molecule has 1 atom stereocenters. The first-order valence-corrected chi connectivity index (χ1v) is 6.99. The van der Waals surface area contributed by atoms with Gasteiger partial charge in [0.2, 0.25) is 5.88 Å². The van der Waals surface area contributed by atoms with Gasteiger partial charge in [0.1, 0.15) is 0 Å². The van der Waals surface area contributed by atoms with E-state index < -0.39 is 0 Å². The van der Waals surface area contributed by atoms with Gasteiger partial charge in [0, 0.05) is 18.3 Å². The molecule has 0 bridgehead atoms. The molecule has 1 saturated carbocycles. The number of hydrogen-bond acceptors (Lipinski definition) is 3. The molecule has 0 amide bonds. The van der Waals surface area contributed by atoms with Gasteiger partial charge in [-0.15, -0.1) is 0 Å². The number of methoxy groups -OCH3 is 1. The van der Waals surface area contributed by atoms with Crippen LogP contribution in [0.15, 0.2) is 18.3 Å². The largest absolute Gasteiger partial charge is 0.481 e. The predicted octanol–water partition coefficient (Wildman–Crippen LogP) is 2.80. The molecule has 0 radical (unpaired) electrons. The molecule has 1 unspecified atom stereocenters. The summed E-state index contributed by atoms with van der Waals surface area (Å²) in [7, 11) is 3.73. The Morgan fingerprint density at radius 1 is 1.33 bits per heavy atom. The number of nitrogens with zero attached hydrogens (tertiary/aromatic N) is 1. The van der Waals surface area contributed by atoms with Crippen LogP contribution in [0.3, 0.4) is 0 Å². The third-order valence-corrected chi connectivity index (χ3v) is 4.05. The molecule has 18 heavy (non-hydrogen) atoms. The van der Waals surface area contributed by atoms with Crippen molar-refractivity contribution in [2.45, 2.75) is 44.6 Å². The number of likely N-dealkylation sites (N-methyl/N-ethyl adjacent to an activating group) is 1. The van der Waals surface area contributed by atoms with Gasteiger partial charge in [0.05, 0.1) is 7.11 Å². The molecule has 1 aromatic rings. The number of pyridine rings is 1. The number of aromatic nitrogens is 1. The topological polar surface area (TPSA) is 34.1 Å². The normalized spacial score (nSPS) is 18.6. The molecule has 3 heteroatoms. The molecule has 1 heterocycles. The van der Waals surface area contributed by atoms with Crippen molar-refractivity contribution in [1.82, 2.24) is 10.3 Å². The van der Waals surface area contributed by atoms with E-state index in [4.69, 9.17) is 4.74 Å². The van der Waals surface area contributed by atoms with Crippen molar-refractivity contribution < 1.29 is 4.74 Å². The summed E-state index contributed by atoms with van der Waals surface area (Å²) in [6.07, 6.45) is 9.94. The van der Waals surface area contributed by atoms with Crippen molar-refractivity contribution in [2.75, 3.05) is 14.2 Å². The summed E-state index contributed by atoms with van der Waals surface area (Å²) in [4.78, 5) is 4.28. The van der Waals surface area contributed by atoms with Crippen LogP contribution in [0.2, 0.25) is 0 Å². The standard InChI is InChI=1S/C15H24N2O/c1-16-14(13-6-4-3-5-7-13)10-12-8-9-15(18-2)17-11-12/h8-9,11,13-14,16H,3-7,10H2,1-2H3. The van der Waals surface area contributed by atoms with E-state index in [2.05, 4.69) is 23.4 Å². The Morgan fingerprint density at radius 3 is 2.67 bits per heavy atom. The van der Waals surface area contributed by atoms with Crippen molar-refractivity contribution in [3.8, 4) is 5.88 Å². The van der Waals surface area contributed by atoms with E-state index in [1.54, 1.807) is 7.11 Å². The van der Waals surface area contributed by atoms with Crippen LogP contribution < -0.4 is 10.1 Å². The second-order valence-corrected chi connectivity index (χ2v) is 5.21. The van der Waals surface area contributed by atoms with Gasteiger partial charge in [0.15, 0.2) is 0 Å². The van der Waals surface area contributed by atoms with Crippen LogP contribution in [-0.4, -0.2) is 25.2 Å². The van der Waals surface area contributed by atoms with Gasteiger partial charge in [-0.25, -0.2) is 4.98 Å². The number of rotatable bonds is 5. The van der Waals surface area contributed by atoms with Crippen LogP contribution >= 0.6 is 0 Å². The third kappa shape index (κ3) is 3.45. The van der Waals surface area contributed by atoms with E-state index in [-0.39, 0.29) is 0 Å². The molecular weight excluding hydrogens is 224 g/mol. The van der Waals surface area contributed by atoms with Crippen molar-refractivity contribution in [1.29, 1.82) is 0 Å². The quantitative estimate of drug-likeness (QED) is 0.870. The molecule has 0 spiro atoms. The molecule has 1 N–H and O–H groups in total. The fraction of sp³-hybridized carbons (Fsp3) is 0.667. The van der Waals surface area contributed by atoms with Crippen LogP contribution in [0.25, 0.3) is 0 Å². The van der Waals surface area contributed by atoms with E-state index in [1.165, 1.54) is 37.7 Å². The second kappa shape index (κ2) is 6.74. The lowest BCUT2D eigenvalue weighted by Crippen LogP contribution is -2.36. The maximum Gasteiger partial charge on any atom is 0.212 e. The highest BCUT2D eigenvalue weighted by Gasteiger charge is 2.22. The molecular formula is C15H24N2O. The number of hydrogen-bond donors (Lipinski definition) is 1. The van der Waals surface area contributed by atoms with Gasteiger partial charge < -0.3 is 10.1 Å². The Balaban J connectivity index is 1.95. The molecule has 3 nitrogen and oxygen atoms in total. The molecule has 0 aromatic carbocycles. The van der Waals surface area contributed by atoms with Crippen molar-refractivity contribution in [3.63, 3.8) is 0 Å². The molecule has 1 aliphatic carbocycles. The van der Waals surface area contributed by atoms with E-state index in [0.29, 0.717) is 11.9 Å². The summed E-state index contributed by atoms with van der Waals surface area (Å²) >= 11 is 0. The average Bonchev–Trinajstić information content (AvgIpc) is 2.46. The Labute approximate surface area is 110 Å². The fourth-order valence-electron chi connectivity index (χ4n) is 2.95. The van der Waals surface area contributed by atoms with E-state index in [1.807, 2.05) is 12.3 Å². The van der Waals surface area contributed by atoms with Crippen LogP contribution in [0, 0.1) is 5.92 Å². The number of nitrogens with one attached hydrogen (secondary N) is 1. The van der Waals surface area contributed by atoms with Crippen molar-refractivity contribution in [3.05, 3.63) is 23.9 Å². The summed E-state index contributed by atoms with van der Waals surface area (Å²) in [5, 5.41) is 3.49. The highest BCUT2D eigenvalue weighted by Crippen LogP contribution is 2.27. The highest BCUT2D eigenvalue weighted by atomic mass is 16.5. The lowest BCUT2D eigenvalue weighted by atomic mass is 9.82. The molecule has 1 fully saturated rings. The summed E-state index contributed by atoms with van der Waals surface area (Å²) in [6, 6.07) is 4.66. The molecule has 100 valence electrons. The van der Waals surface area contributed by atoms with Crippen LogP contribution in [0.4, 0.5) is 0 Å². The van der Waals surface area contributed by atoms with Gasteiger partial charge in [-0.1, -0.05) is 25.3 Å². The maximum atomic E-state index is 5.09. The minimum absolute atomic E-state index is 0.584. The molecule has 1 aromatic heterocycles. The van der Waals surface area contributed by atoms with E-state index in [9.17, 15) is 0 Å². The smallest absolute Gasteiger partial charge is 0.212 e. The Bertz CT molecular complexity index is 344. The highest BCUT2D eigenvalue weighted by molar-refractivity contribution is 5.18. The zero-order chi connectivity index (χ0) is 12.8. The Morgan fingerprint density at radius 2 is 2.11 bits per heavy atom. The van der Waals surface area contributed by atoms with E-state index in [0.717, 1.165) is 12.3 Å². The fourth-order valence-corrected chi connectivity index (χ4v) is 2.95. The zero-order valence-corrected chi connectivity index (χ0v) is 11.5. The SMILES string of the molecule is CNC(Cc1ccc(OC)nc1)C1CCCCC1. The minimum Gasteiger partial charge on any atom is -0.481 e. The first-order valence-electron chi connectivity index (χ1n) is 6.99. The molecule has 0 saturated heterocycles. The minimum atomic E-state index is 0.584. The van der Waals surface area contributed by atoms with E-state index >= 15 is 0 Å². The lowest BCUT2D eigenvalue weighted by molar-refractivity contribution is 0.276. The third-order valence-electron chi connectivity index (χ3n) is 4.05. The van der Waals surface area contributed by atoms with Gasteiger partial charge in [-0.2, -0.15) is 0 Å². The molecule has 2 rings (SSSR count). The first kappa shape index (κ1) is 13.3. The first-order chi connectivity index (χ1) is 8.83. The predicted molar refractivity (Wildman–Crippen MR) is 73.9 cm³/mol. The molecule has 0 aliphatic heterocycles. The summed E-state index contributed by atoms with van der Waals surface area (Å²) < 4.78 is 5.09. The van der Waals surface area contributed by atoms with Gasteiger partial charge >= 0.3 is 0 Å². The average molecular weight is 248 g/mol. The monoisotopic (exact) mass is 248 g/mol. The van der Waals surface area contributed by atoms with Crippen molar-refractivity contribution in [2.24, 2.45) is 5.92 Å². The van der Waals surface area contributed by atoms with Crippen LogP contribution in [0.5, 0.6) is 5.88 Å². The summed E-state index contributed by atoms with van der Waals surface area (Å²) in [5.74, 6) is 1.52. The van der Waals surface area contributed by atoms with Crippen LogP contribution in [0.1, 0.15) is 37.7 Å². The van der Waals surface area contributed by atoms with Gasteiger partial charge in [-0.05, 0) is 37.8 Å². The summed E-state index contributed by atoms with van der Waals surface area (Å²) in [5.41, 5.74) is 1.29. The van der Waals surface area contributed by atoms with Gasteiger partial charge in [0.25, 0.3) is 0 Å². The van der Waals surface area contributed by atoms with Crippen molar-refractivity contribution >= 4 is 0 Å². The zero-order valence-electron chi connectivity index (χ0n) is 11.5. The Hall–Kier alpha value is -1.09. The van der Waals surface area contributed by atoms with Crippen LogP contribution in [-0.2, 0) is 6.42 Å². The summed E-state index contributed by atoms with van der Waals surface area (Å²) in [6.45, 7) is 0. The maximum absolute atomic E-state index is 5.09.